The van der Waals surface area contributed by atoms with Gasteiger partial charge in [0.1, 0.15) is 0 Å². The van der Waals surface area contributed by atoms with Gasteiger partial charge < -0.3 is 15.5 Å². The maximum Gasteiger partial charge on any atom is 0.264 e. The van der Waals surface area contributed by atoms with Gasteiger partial charge in [0.2, 0.25) is 0 Å². The second-order valence-corrected chi connectivity index (χ2v) is 10.7. The van der Waals surface area contributed by atoms with Gasteiger partial charge in [-0.1, -0.05) is 42.5 Å². The lowest BCUT2D eigenvalue weighted by Gasteiger charge is -2.23. The van der Waals surface area contributed by atoms with Crippen LogP contribution < -0.4 is 14.9 Å². The molecule has 0 atom stereocenters. The first-order valence-electron chi connectivity index (χ1n) is 11.9. The molecule has 0 aromatic heterocycles. The summed E-state index contributed by atoms with van der Waals surface area (Å²) < 4.78 is 27.6. The van der Waals surface area contributed by atoms with Crippen molar-refractivity contribution >= 4 is 55.4 Å². The van der Waals surface area contributed by atoms with Crippen LogP contribution in [0.15, 0.2) is 95.9 Å². The zero-order chi connectivity index (χ0) is 27.1. The van der Waals surface area contributed by atoms with E-state index in [0.29, 0.717) is 23.4 Å². The van der Waals surface area contributed by atoms with Crippen molar-refractivity contribution in [2.24, 2.45) is 0 Å². The molecule has 0 aliphatic heterocycles. The summed E-state index contributed by atoms with van der Waals surface area (Å²) in [6.45, 7) is -0.338. The Labute approximate surface area is 226 Å². The first-order chi connectivity index (χ1) is 18.3. The lowest BCUT2D eigenvalue weighted by molar-refractivity contribution is 0.0978. The molecule has 4 aromatic carbocycles. The first kappa shape index (κ1) is 27.2. The minimum Gasteiger partial charge on any atom is -0.396 e. The van der Waals surface area contributed by atoms with Crippen molar-refractivity contribution < 1.29 is 23.4 Å². The van der Waals surface area contributed by atoms with Gasteiger partial charge in [0.15, 0.2) is 5.11 Å². The SMILES string of the molecule is O=C(NC(=S)Nc1ccc(S(=O)(=O)N(CCO)c2ccccc2)cc1)c1ccc2cc(CCO)ccc2c1. The van der Waals surface area contributed by atoms with Crippen molar-refractivity contribution in [1.82, 2.24) is 5.32 Å². The van der Waals surface area contributed by atoms with Gasteiger partial charge >= 0.3 is 0 Å². The van der Waals surface area contributed by atoms with Crippen LogP contribution in [-0.4, -0.2) is 49.4 Å². The number of sulfonamides is 1. The van der Waals surface area contributed by atoms with E-state index in [-0.39, 0.29) is 35.7 Å². The van der Waals surface area contributed by atoms with Crippen LogP contribution in [-0.2, 0) is 16.4 Å². The molecule has 10 heteroatoms. The molecule has 0 fully saturated rings. The fourth-order valence-corrected chi connectivity index (χ4v) is 5.64. The molecular formula is C28H27N3O5S2. The molecule has 4 aromatic rings. The molecule has 38 heavy (non-hydrogen) atoms. The van der Waals surface area contributed by atoms with E-state index in [9.17, 15) is 18.3 Å². The normalized spacial score (nSPS) is 11.2. The molecule has 0 saturated carbocycles. The van der Waals surface area contributed by atoms with E-state index in [4.69, 9.17) is 17.3 Å². The number of hydrogen-bond donors (Lipinski definition) is 4. The molecule has 1 amide bonds. The van der Waals surface area contributed by atoms with E-state index in [1.165, 1.54) is 12.1 Å². The minimum atomic E-state index is -3.91. The zero-order valence-corrected chi connectivity index (χ0v) is 22.0. The third kappa shape index (κ3) is 6.35. The molecule has 4 N–H and O–H groups in total. The molecule has 0 aliphatic carbocycles. The highest BCUT2D eigenvalue weighted by Crippen LogP contribution is 2.24. The second-order valence-electron chi connectivity index (χ2n) is 8.44. The van der Waals surface area contributed by atoms with Gasteiger partial charge in [-0.2, -0.15) is 0 Å². The van der Waals surface area contributed by atoms with E-state index in [1.54, 1.807) is 54.6 Å². The van der Waals surface area contributed by atoms with E-state index in [1.807, 2.05) is 24.3 Å². The molecule has 0 unspecified atom stereocenters. The minimum absolute atomic E-state index is 0.0496. The number of thiocarbonyl (C=S) groups is 1. The van der Waals surface area contributed by atoms with Crippen molar-refractivity contribution in [2.75, 3.05) is 29.4 Å². The number of carbonyl (C=O) groups excluding carboxylic acids is 1. The Morgan fingerprint density at radius 1 is 0.842 bits per heavy atom. The predicted molar refractivity (Wildman–Crippen MR) is 153 cm³/mol. The number of aliphatic hydroxyl groups excluding tert-OH is 2. The average molecular weight is 550 g/mol. The van der Waals surface area contributed by atoms with Crippen LogP contribution in [0.5, 0.6) is 0 Å². The number of fused-ring (bicyclic) bond motifs is 1. The van der Waals surface area contributed by atoms with Crippen molar-refractivity contribution in [1.29, 1.82) is 0 Å². The van der Waals surface area contributed by atoms with Gasteiger partial charge in [0, 0.05) is 17.9 Å². The molecule has 8 nitrogen and oxygen atoms in total. The van der Waals surface area contributed by atoms with Gasteiger partial charge in [-0.25, -0.2) is 8.42 Å². The topological polar surface area (TPSA) is 119 Å². The Bertz CT molecular complexity index is 1540. The molecular weight excluding hydrogens is 522 g/mol. The van der Waals surface area contributed by atoms with Crippen molar-refractivity contribution in [3.63, 3.8) is 0 Å². The third-order valence-corrected chi connectivity index (χ3v) is 7.89. The zero-order valence-electron chi connectivity index (χ0n) is 20.4. The summed E-state index contributed by atoms with van der Waals surface area (Å²) in [5, 5.41) is 26.0. The monoisotopic (exact) mass is 549 g/mol. The highest BCUT2D eigenvalue weighted by Gasteiger charge is 2.24. The smallest absolute Gasteiger partial charge is 0.264 e. The summed E-state index contributed by atoms with van der Waals surface area (Å²) in [5.74, 6) is -0.384. The Hall–Kier alpha value is -3.83. The van der Waals surface area contributed by atoms with E-state index in [2.05, 4.69) is 10.6 Å². The fraction of sp³-hybridized carbons (Fsp3) is 0.143. The number of benzene rings is 4. The predicted octanol–water partition coefficient (Wildman–Crippen LogP) is 3.69. The van der Waals surface area contributed by atoms with E-state index in [0.717, 1.165) is 20.6 Å². The second kappa shape index (κ2) is 12.1. The highest BCUT2D eigenvalue weighted by atomic mass is 32.2. The summed E-state index contributed by atoms with van der Waals surface area (Å²) in [6, 6.07) is 25.6. The Balaban J connectivity index is 1.42. The number of aliphatic hydroxyl groups is 2. The van der Waals surface area contributed by atoms with Gasteiger partial charge in [-0.15, -0.1) is 0 Å². The molecule has 0 bridgehead atoms. The first-order valence-corrected chi connectivity index (χ1v) is 13.7. The van der Waals surface area contributed by atoms with Crippen LogP contribution in [0, 0.1) is 0 Å². The summed E-state index contributed by atoms with van der Waals surface area (Å²) in [7, 11) is -3.91. The van der Waals surface area contributed by atoms with Crippen LogP contribution in [0.25, 0.3) is 10.8 Å². The summed E-state index contributed by atoms with van der Waals surface area (Å²) >= 11 is 5.28. The van der Waals surface area contributed by atoms with Gasteiger partial charge in [0.25, 0.3) is 15.9 Å². The molecule has 0 spiro atoms. The maximum atomic E-state index is 13.2. The van der Waals surface area contributed by atoms with Crippen LogP contribution in [0.3, 0.4) is 0 Å². The van der Waals surface area contributed by atoms with Gasteiger partial charge in [-0.3, -0.25) is 14.4 Å². The Kier molecular flexibility index (Phi) is 8.70. The maximum absolute atomic E-state index is 13.2. The number of anilines is 2. The number of para-hydroxylation sites is 1. The van der Waals surface area contributed by atoms with Crippen molar-refractivity contribution in [3.8, 4) is 0 Å². The summed E-state index contributed by atoms with van der Waals surface area (Å²) in [4.78, 5) is 12.8. The van der Waals surface area contributed by atoms with Crippen LogP contribution >= 0.6 is 12.2 Å². The Morgan fingerprint density at radius 3 is 2.21 bits per heavy atom. The number of hydrogen-bond acceptors (Lipinski definition) is 6. The molecule has 4 rings (SSSR count). The van der Waals surface area contributed by atoms with Crippen molar-refractivity contribution in [2.45, 2.75) is 11.3 Å². The molecule has 0 heterocycles. The molecule has 0 saturated heterocycles. The largest absolute Gasteiger partial charge is 0.396 e. The highest BCUT2D eigenvalue weighted by molar-refractivity contribution is 7.92. The average Bonchev–Trinajstić information content (AvgIpc) is 2.92. The number of amides is 1. The van der Waals surface area contributed by atoms with Crippen LogP contribution in [0.2, 0.25) is 0 Å². The quantitative estimate of drug-likeness (QED) is 0.235. The number of carbonyl (C=O) groups is 1. The summed E-state index contributed by atoms with van der Waals surface area (Å²) in [6.07, 6.45) is 0.568. The van der Waals surface area contributed by atoms with E-state index >= 15 is 0 Å². The number of rotatable bonds is 9. The molecule has 0 radical (unpaired) electrons. The lowest BCUT2D eigenvalue weighted by atomic mass is 10.0. The Morgan fingerprint density at radius 2 is 1.53 bits per heavy atom. The van der Waals surface area contributed by atoms with Crippen LogP contribution in [0.4, 0.5) is 11.4 Å². The lowest BCUT2D eigenvalue weighted by Crippen LogP contribution is -2.34. The fourth-order valence-electron chi connectivity index (χ4n) is 3.97. The van der Waals surface area contributed by atoms with E-state index < -0.39 is 10.0 Å². The molecule has 196 valence electrons. The van der Waals surface area contributed by atoms with Gasteiger partial charge in [-0.05, 0) is 83.5 Å². The molecule has 0 aliphatic rings. The van der Waals surface area contributed by atoms with Crippen molar-refractivity contribution in [3.05, 3.63) is 102 Å². The summed E-state index contributed by atoms with van der Waals surface area (Å²) in [5.41, 5.74) is 2.40. The number of nitrogens with one attached hydrogen (secondary N) is 2. The standard InChI is InChI=1S/C28H27N3O5S2/c32-16-14-20-6-7-22-19-23(9-8-21(22)18-20)27(34)30-28(37)29-24-10-12-26(13-11-24)38(35,36)31(15-17-33)25-4-2-1-3-5-25/h1-13,18-19,32-33H,14-17H2,(H2,29,30,34,37). The number of nitrogens with zero attached hydrogens (tertiary/aromatic N) is 1. The van der Waals surface area contributed by atoms with Gasteiger partial charge in [0.05, 0.1) is 23.7 Å². The van der Waals surface area contributed by atoms with Crippen LogP contribution in [0.1, 0.15) is 15.9 Å². The third-order valence-electron chi connectivity index (χ3n) is 5.84.